The van der Waals surface area contributed by atoms with Crippen LogP contribution in [0.25, 0.3) is 55.3 Å². The van der Waals surface area contributed by atoms with Crippen molar-refractivity contribution in [1.82, 2.24) is 4.57 Å². The fourth-order valence-electron chi connectivity index (χ4n) is 11.2. The zero-order valence-corrected chi connectivity index (χ0v) is 43.9. The minimum absolute atomic E-state index is 0.265. The van der Waals surface area contributed by atoms with E-state index in [2.05, 4.69) is 295 Å². The first kappa shape index (κ1) is 48.7. The zero-order valence-electron chi connectivity index (χ0n) is 43.0. The van der Waals surface area contributed by atoms with E-state index in [1.807, 2.05) is 18.2 Å². The lowest BCUT2D eigenvalue weighted by atomic mass is 9.65. The molecule has 0 spiro atoms. The van der Waals surface area contributed by atoms with Gasteiger partial charge in [-0.05, 0) is 142 Å². The van der Waals surface area contributed by atoms with Crippen LogP contribution < -0.4 is 9.64 Å². The van der Waals surface area contributed by atoms with E-state index in [9.17, 15) is 5.41 Å². The summed E-state index contributed by atoms with van der Waals surface area (Å²) >= 11 is 4.64. The second-order valence-electron chi connectivity index (χ2n) is 19.9. The van der Waals surface area contributed by atoms with Crippen molar-refractivity contribution < 1.29 is 4.74 Å². The van der Waals surface area contributed by atoms with Crippen LogP contribution in [0.1, 0.15) is 41.7 Å². The molecule has 0 atom stereocenters. The van der Waals surface area contributed by atoms with Crippen molar-refractivity contribution in [2.24, 2.45) is 10.3 Å². The van der Waals surface area contributed by atoms with E-state index in [4.69, 9.17) is 4.74 Å². The summed E-state index contributed by atoms with van der Waals surface area (Å²) < 4.78 is 13.0. The second-order valence-corrected chi connectivity index (χ2v) is 20.1. The van der Waals surface area contributed by atoms with Gasteiger partial charge >= 0.3 is 0 Å². The number of hydrogen-bond donors (Lipinski definition) is 2. The first-order valence-electron chi connectivity index (χ1n) is 26.2. The van der Waals surface area contributed by atoms with Crippen LogP contribution in [0.3, 0.4) is 0 Å². The summed E-state index contributed by atoms with van der Waals surface area (Å²) in [5.74, 6) is 1.31. The molecule has 0 radical (unpaired) electrons. The van der Waals surface area contributed by atoms with Crippen LogP contribution in [0.15, 0.2) is 283 Å². The van der Waals surface area contributed by atoms with Crippen LogP contribution in [0, 0.1) is 11.3 Å². The van der Waals surface area contributed by atoms with Crippen molar-refractivity contribution in [3.63, 3.8) is 0 Å². The third kappa shape index (κ3) is 9.07. The topological polar surface area (TPSA) is 53.6 Å². The van der Waals surface area contributed by atoms with Crippen molar-refractivity contribution in [2.45, 2.75) is 19.3 Å². The molecule has 0 amide bonds. The molecule has 0 aliphatic heterocycles. The van der Waals surface area contributed by atoms with Crippen molar-refractivity contribution in [1.29, 1.82) is 5.41 Å². The maximum atomic E-state index is 10.1. The molecule has 10 aromatic carbocycles. The SMILES string of the molecule is CC(C)COc1ccc(-c2ccc(N(C3=CC=C(c4cccc5c4c4ccccc4n5-c4ccc(C(c5ccccc5)(c5ccccc5)c5ccccc5)cc4)/C(=N/S)C3=N)c3ccc(-c4ccccc4)cc3)cc2)cc1. The van der Waals surface area contributed by atoms with Crippen LogP contribution in [0.5, 0.6) is 5.75 Å². The number of anilines is 2. The third-order valence-corrected chi connectivity index (χ3v) is 15.0. The van der Waals surface area contributed by atoms with Crippen LogP contribution >= 0.6 is 12.8 Å². The molecule has 1 aromatic heterocycles. The first-order valence-corrected chi connectivity index (χ1v) is 26.6. The lowest BCUT2D eigenvalue weighted by Gasteiger charge is -2.37. The molecule has 1 heterocycles. The molecule has 5 nitrogen and oxygen atoms in total. The predicted molar refractivity (Wildman–Crippen MR) is 326 cm³/mol. The van der Waals surface area contributed by atoms with E-state index in [0.717, 1.165) is 78.0 Å². The maximum Gasteiger partial charge on any atom is 0.119 e. The Morgan fingerprint density at radius 2 is 0.961 bits per heavy atom. The van der Waals surface area contributed by atoms with E-state index < -0.39 is 5.41 Å². The van der Waals surface area contributed by atoms with Crippen LogP contribution in [0.4, 0.5) is 11.4 Å². The molecule has 0 bridgehead atoms. The average molecular weight is 1010 g/mol. The quantitative estimate of drug-likeness (QED) is 0.0648. The van der Waals surface area contributed by atoms with Gasteiger partial charge in [0.25, 0.3) is 0 Å². The van der Waals surface area contributed by atoms with Crippen molar-refractivity contribution in [3.8, 4) is 33.7 Å². The van der Waals surface area contributed by atoms with Gasteiger partial charge in [0.1, 0.15) is 17.2 Å². The second kappa shape index (κ2) is 21.2. The van der Waals surface area contributed by atoms with Crippen LogP contribution in [0.2, 0.25) is 0 Å². The minimum atomic E-state index is -0.566. The average Bonchev–Trinajstić information content (AvgIpc) is 3.95. The highest BCUT2D eigenvalue weighted by Gasteiger charge is 2.38. The van der Waals surface area contributed by atoms with E-state index in [-0.39, 0.29) is 5.71 Å². The summed E-state index contributed by atoms with van der Waals surface area (Å²) in [6.07, 6.45) is 4.17. The summed E-state index contributed by atoms with van der Waals surface area (Å²) in [5.41, 5.74) is 16.9. The molecule has 6 heteroatoms. The largest absolute Gasteiger partial charge is 0.493 e. The van der Waals surface area contributed by atoms with Crippen LogP contribution in [-0.2, 0) is 5.41 Å². The molecule has 0 unspecified atom stereocenters. The number of aromatic nitrogens is 1. The van der Waals surface area contributed by atoms with Gasteiger partial charge in [-0.15, -0.1) is 0 Å². The Hall–Kier alpha value is -9.23. The van der Waals surface area contributed by atoms with Crippen molar-refractivity contribution >= 4 is 63.0 Å². The lowest BCUT2D eigenvalue weighted by molar-refractivity contribution is 0.271. The summed E-state index contributed by atoms with van der Waals surface area (Å²) in [6, 6.07) is 92.5. The highest BCUT2D eigenvalue weighted by atomic mass is 32.1. The number of allylic oxidation sites excluding steroid dienone is 4. The molecule has 77 heavy (non-hydrogen) atoms. The Morgan fingerprint density at radius 3 is 1.49 bits per heavy atom. The Balaban J connectivity index is 0.957. The number of nitrogens with zero attached hydrogens (tertiary/aromatic N) is 3. The van der Waals surface area contributed by atoms with Gasteiger partial charge in [0.05, 0.1) is 28.8 Å². The molecule has 11 aromatic rings. The highest BCUT2D eigenvalue weighted by molar-refractivity contribution is 7.79. The predicted octanol–water partition coefficient (Wildman–Crippen LogP) is 18.0. The Kier molecular flexibility index (Phi) is 13.4. The molecule has 372 valence electrons. The lowest BCUT2D eigenvalue weighted by Crippen LogP contribution is -2.31. The molecule has 0 fully saturated rings. The molecule has 1 N–H and O–H groups in total. The summed E-state index contributed by atoms with van der Waals surface area (Å²) in [6.45, 7) is 4.98. The summed E-state index contributed by atoms with van der Waals surface area (Å²) in [5, 5.41) is 12.2. The number of para-hydroxylation sites is 1. The monoisotopic (exact) mass is 1010 g/mol. The maximum absolute atomic E-state index is 10.1. The standard InChI is InChI=1S/C71H56N4OS/c1-49(2)48-76-61-44-34-53(35-45-61)52-32-40-59(41-33-52)74(58-38-30-51(31-39-58)50-18-7-3-8-19-50)67-47-46-63(70(73-77)69(67)72)62-27-17-29-66-68(62)64-26-15-16-28-65(64)75(66)60-42-36-57(37-43-60)71(54-20-9-4-10-21-54,55-22-11-5-12-23-55)56-24-13-6-14-25-56/h3-47,49,72,77H,48H2,1-2H3/b72-69?,73-70-. The van der Waals surface area contributed by atoms with E-state index in [1.165, 1.54) is 22.3 Å². The minimum Gasteiger partial charge on any atom is -0.493 e. The van der Waals surface area contributed by atoms with Gasteiger partial charge < -0.3 is 14.2 Å². The first-order chi connectivity index (χ1) is 37.9. The van der Waals surface area contributed by atoms with Gasteiger partial charge in [-0.2, -0.15) is 0 Å². The number of ether oxygens (including phenoxy) is 1. The smallest absolute Gasteiger partial charge is 0.119 e. The zero-order chi connectivity index (χ0) is 52.3. The fraction of sp³-hybridized carbons (Fsp3) is 0.0704. The number of nitrogens with one attached hydrogen (secondary N) is 1. The molecular weight excluding hydrogens is 957 g/mol. The third-order valence-electron chi connectivity index (χ3n) is 14.8. The van der Waals surface area contributed by atoms with Gasteiger partial charge in [0, 0.05) is 33.4 Å². The summed E-state index contributed by atoms with van der Waals surface area (Å²) in [7, 11) is 0. The normalized spacial score (nSPS) is 13.2. The van der Waals surface area contributed by atoms with E-state index >= 15 is 0 Å². The number of hydrogen-bond acceptors (Lipinski definition) is 5. The molecule has 1 aliphatic rings. The fourth-order valence-corrected chi connectivity index (χ4v) is 11.4. The Labute approximate surface area is 456 Å². The van der Waals surface area contributed by atoms with Crippen molar-refractivity contribution in [3.05, 3.63) is 307 Å². The number of benzene rings is 10. The Morgan fingerprint density at radius 1 is 0.494 bits per heavy atom. The number of rotatable bonds is 14. The van der Waals surface area contributed by atoms with Gasteiger partial charge in [-0.25, -0.2) is 4.40 Å². The van der Waals surface area contributed by atoms with Gasteiger partial charge in [-0.3, -0.25) is 5.41 Å². The van der Waals surface area contributed by atoms with Gasteiger partial charge in [0.15, 0.2) is 0 Å². The van der Waals surface area contributed by atoms with Gasteiger partial charge in [0.2, 0.25) is 0 Å². The van der Waals surface area contributed by atoms with Gasteiger partial charge in [-0.1, -0.05) is 214 Å². The highest BCUT2D eigenvalue weighted by Crippen LogP contribution is 2.46. The van der Waals surface area contributed by atoms with E-state index in [1.54, 1.807) is 0 Å². The molecule has 0 saturated heterocycles. The van der Waals surface area contributed by atoms with Crippen LogP contribution in [-0.4, -0.2) is 22.6 Å². The van der Waals surface area contributed by atoms with Crippen molar-refractivity contribution in [2.75, 3.05) is 11.5 Å². The Bertz CT molecular complexity index is 3880. The number of thiol groups is 1. The molecule has 12 rings (SSSR count). The molecule has 0 saturated carbocycles. The van der Waals surface area contributed by atoms with E-state index in [0.29, 0.717) is 23.9 Å². The molecule has 1 aliphatic carbocycles. The number of fused-ring (bicyclic) bond motifs is 3. The summed E-state index contributed by atoms with van der Waals surface area (Å²) in [4.78, 5) is 2.15. The molecular formula is C71H56N4OS.